The number of hydrogen-bond acceptors (Lipinski definition) is 6. The summed E-state index contributed by atoms with van der Waals surface area (Å²) in [7, 11) is 0. The Bertz CT molecular complexity index is 1540. The van der Waals surface area contributed by atoms with E-state index in [0.29, 0.717) is 16.4 Å². The number of amides is 1. The molecule has 0 bridgehead atoms. The smallest absolute Gasteiger partial charge is 0.406 e. The Morgan fingerprint density at radius 1 is 1.02 bits per heavy atom. The molecule has 2 N–H and O–H groups in total. The van der Waals surface area contributed by atoms with Crippen molar-refractivity contribution >= 4 is 58.7 Å². The van der Waals surface area contributed by atoms with E-state index in [9.17, 15) is 18.0 Å². The summed E-state index contributed by atoms with van der Waals surface area (Å²) in [5, 5.41) is 8.98. The predicted octanol–water partition coefficient (Wildman–Crippen LogP) is 6.54. The molecule has 1 saturated heterocycles. The highest BCUT2D eigenvalue weighted by Crippen LogP contribution is 2.31. The fourth-order valence-corrected chi connectivity index (χ4v) is 4.46. The van der Waals surface area contributed by atoms with Crippen LogP contribution in [0.1, 0.15) is 30.5 Å². The molecular weight excluding hydrogens is 553 g/mol. The molecule has 0 radical (unpaired) electrons. The van der Waals surface area contributed by atoms with Crippen LogP contribution in [0.4, 0.5) is 24.5 Å². The minimum Gasteiger partial charge on any atom is -0.406 e. The van der Waals surface area contributed by atoms with Gasteiger partial charge in [0, 0.05) is 5.56 Å². The zero-order valence-electron chi connectivity index (χ0n) is 22.0. The molecule has 41 heavy (non-hydrogen) atoms. The van der Waals surface area contributed by atoms with Crippen LogP contribution in [0.5, 0.6) is 5.75 Å². The van der Waals surface area contributed by atoms with Gasteiger partial charge in [0.05, 0.1) is 23.3 Å². The highest BCUT2D eigenvalue weighted by molar-refractivity contribution is 8.15. The van der Waals surface area contributed by atoms with E-state index in [-0.39, 0.29) is 23.2 Å². The Hall–Kier alpha value is -4.71. The second-order valence-electron chi connectivity index (χ2n) is 8.85. The van der Waals surface area contributed by atoms with E-state index in [4.69, 9.17) is 5.73 Å². The number of carbonyl (C=O) groups is 1. The molecule has 4 rings (SSSR count). The number of nitrogens with zero attached hydrogens (tertiary/aromatic N) is 5. The van der Waals surface area contributed by atoms with Crippen LogP contribution >= 0.6 is 11.8 Å². The second-order valence-corrected chi connectivity index (χ2v) is 9.79. The second kappa shape index (κ2) is 13.1. The summed E-state index contributed by atoms with van der Waals surface area (Å²) in [4.78, 5) is 22.4. The maximum atomic E-state index is 12.6. The number of ether oxygens (including phenoxy) is 1. The summed E-state index contributed by atoms with van der Waals surface area (Å²) in [5.74, 6) is 0.0770. The summed E-state index contributed by atoms with van der Waals surface area (Å²) in [6.45, 7) is 4.00. The van der Waals surface area contributed by atoms with Crippen LogP contribution in [0, 0.1) is 0 Å². The minimum atomic E-state index is -4.76. The molecule has 0 aromatic heterocycles. The van der Waals surface area contributed by atoms with E-state index < -0.39 is 6.36 Å². The number of rotatable bonds is 8. The summed E-state index contributed by atoms with van der Waals surface area (Å²) in [6, 6.07) is 19.8. The molecule has 1 fully saturated rings. The Morgan fingerprint density at radius 3 is 2.41 bits per heavy atom. The number of alkyl halides is 3. The Balaban J connectivity index is 1.40. The van der Waals surface area contributed by atoms with Gasteiger partial charge in [0.15, 0.2) is 5.17 Å². The molecule has 0 saturated carbocycles. The van der Waals surface area contributed by atoms with Crippen molar-refractivity contribution in [2.24, 2.45) is 25.9 Å². The number of anilines is 1. The molecule has 0 unspecified atom stereocenters. The van der Waals surface area contributed by atoms with Gasteiger partial charge in [-0.2, -0.15) is 5.10 Å². The Labute approximate surface area is 238 Å². The molecule has 0 atom stereocenters. The zero-order valence-corrected chi connectivity index (χ0v) is 22.9. The molecule has 1 aliphatic rings. The lowest BCUT2D eigenvalue weighted by atomic mass is 10.1. The van der Waals surface area contributed by atoms with Gasteiger partial charge in [0.1, 0.15) is 17.9 Å². The molecule has 8 nitrogen and oxygen atoms in total. The van der Waals surface area contributed by atoms with Crippen LogP contribution in [0.25, 0.3) is 6.08 Å². The van der Waals surface area contributed by atoms with Crippen molar-refractivity contribution in [3.8, 4) is 5.75 Å². The standard InChI is InChI=1S/C29H25F3N6O2S/c1-19(2)15-22-5-3-4-6-25(22)38-26(39)17-41-28(38)37-36-16-20-7-9-21(10-8-20)27(33)35-18-34-23-11-13-24(14-12-23)40-29(30,31)32/h3-16,18H,17H2,1-2H3,(H2,33,34,35)/b36-16-,37-28+. The molecule has 210 valence electrons. The van der Waals surface area contributed by atoms with Gasteiger partial charge in [-0.1, -0.05) is 65.9 Å². The van der Waals surface area contributed by atoms with Crippen molar-refractivity contribution < 1.29 is 22.7 Å². The maximum Gasteiger partial charge on any atom is 0.573 e. The van der Waals surface area contributed by atoms with Crippen molar-refractivity contribution in [1.82, 2.24) is 0 Å². The molecular formula is C29H25F3N6O2S. The van der Waals surface area contributed by atoms with Gasteiger partial charge in [-0.05, 0) is 55.3 Å². The largest absolute Gasteiger partial charge is 0.573 e. The normalized spacial score (nSPS) is 15.3. The Kier molecular flexibility index (Phi) is 9.35. The van der Waals surface area contributed by atoms with Gasteiger partial charge in [-0.15, -0.1) is 18.3 Å². The average molecular weight is 579 g/mol. The van der Waals surface area contributed by atoms with Crippen LogP contribution in [-0.2, 0) is 4.79 Å². The van der Waals surface area contributed by atoms with Gasteiger partial charge >= 0.3 is 6.36 Å². The van der Waals surface area contributed by atoms with E-state index in [1.54, 1.807) is 35.4 Å². The lowest BCUT2D eigenvalue weighted by Gasteiger charge is -2.18. The molecule has 3 aromatic rings. The van der Waals surface area contributed by atoms with Crippen LogP contribution in [0.15, 0.2) is 98.6 Å². The highest BCUT2D eigenvalue weighted by Gasteiger charge is 2.31. The third-order valence-corrected chi connectivity index (χ3v) is 6.33. The molecule has 12 heteroatoms. The maximum absolute atomic E-state index is 12.6. The van der Waals surface area contributed by atoms with E-state index in [2.05, 4.69) is 24.9 Å². The van der Waals surface area contributed by atoms with E-state index in [1.807, 2.05) is 44.2 Å². The van der Waals surface area contributed by atoms with E-state index in [0.717, 1.165) is 34.5 Å². The first-order valence-corrected chi connectivity index (χ1v) is 13.2. The number of amidine groups is 2. The number of aliphatic imine (C=N–C) groups is 2. The number of thioether (sulfide) groups is 1. The molecule has 1 amide bonds. The van der Waals surface area contributed by atoms with Crippen LogP contribution in [0.2, 0.25) is 0 Å². The first-order chi connectivity index (χ1) is 19.6. The number of para-hydroxylation sites is 1. The lowest BCUT2D eigenvalue weighted by molar-refractivity contribution is -0.274. The zero-order chi connectivity index (χ0) is 29.4. The van der Waals surface area contributed by atoms with E-state index in [1.165, 1.54) is 30.2 Å². The number of benzene rings is 3. The molecule has 0 spiro atoms. The van der Waals surface area contributed by atoms with Crippen molar-refractivity contribution in [1.29, 1.82) is 0 Å². The molecule has 0 aliphatic carbocycles. The number of carbonyl (C=O) groups excluding carboxylic acids is 1. The molecule has 1 aliphatic heterocycles. The van der Waals surface area contributed by atoms with Gasteiger partial charge in [0.2, 0.25) is 5.91 Å². The van der Waals surface area contributed by atoms with Crippen molar-refractivity contribution in [3.05, 3.63) is 95.1 Å². The minimum absolute atomic E-state index is 0.0614. The third kappa shape index (κ3) is 8.39. The highest BCUT2D eigenvalue weighted by atomic mass is 32.2. The van der Waals surface area contributed by atoms with Crippen molar-refractivity contribution in [2.45, 2.75) is 20.2 Å². The van der Waals surface area contributed by atoms with Gasteiger partial charge in [-0.25, -0.2) is 9.98 Å². The van der Waals surface area contributed by atoms with Crippen LogP contribution in [0.3, 0.4) is 0 Å². The fourth-order valence-electron chi connectivity index (χ4n) is 3.65. The summed E-state index contributed by atoms with van der Waals surface area (Å²) in [6.07, 6.45) is 0.0422. The van der Waals surface area contributed by atoms with Gasteiger partial charge in [0.25, 0.3) is 0 Å². The number of allylic oxidation sites excluding steroid dienone is 1. The number of halogens is 3. The molecule has 1 heterocycles. The van der Waals surface area contributed by atoms with Crippen LogP contribution < -0.4 is 15.4 Å². The quantitative estimate of drug-likeness (QED) is 0.186. The van der Waals surface area contributed by atoms with Crippen LogP contribution in [-0.4, -0.2) is 41.6 Å². The Morgan fingerprint density at radius 2 is 1.73 bits per heavy atom. The summed E-state index contributed by atoms with van der Waals surface area (Å²) < 4.78 is 40.6. The number of nitrogens with two attached hydrogens (primary N) is 1. The van der Waals surface area contributed by atoms with Gasteiger partial charge in [-0.3, -0.25) is 9.69 Å². The summed E-state index contributed by atoms with van der Waals surface area (Å²) in [5.41, 5.74) is 10.6. The SMILES string of the molecule is CC(C)=Cc1ccccc1N1C(=O)CS/C1=N/N=C\c1ccc(C(N)=NC=Nc2ccc(OC(F)(F)F)cc2)cc1. The topological polar surface area (TPSA) is 105 Å². The monoisotopic (exact) mass is 578 g/mol. The van der Waals surface area contributed by atoms with E-state index >= 15 is 0 Å². The average Bonchev–Trinajstić information content (AvgIpc) is 3.29. The lowest BCUT2D eigenvalue weighted by Crippen LogP contribution is -2.29. The number of hydrogen-bond donors (Lipinski definition) is 1. The third-order valence-electron chi connectivity index (χ3n) is 5.42. The first-order valence-electron chi connectivity index (χ1n) is 12.2. The molecule has 3 aromatic carbocycles. The summed E-state index contributed by atoms with van der Waals surface area (Å²) >= 11 is 1.33. The fraction of sp³-hybridized carbons (Fsp3) is 0.138. The predicted molar refractivity (Wildman–Crippen MR) is 159 cm³/mol. The van der Waals surface area contributed by atoms with Crippen molar-refractivity contribution in [3.63, 3.8) is 0 Å². The first kappa shape index (κ1) is 29.3. The van der Waals surface area contributed by atoms with Crippen molar-refractivity contribution in [2.75, 3.05) is 10.7 Å². The van der Waals surface area contributed by atoms with Gasteiger partial charge < -0.3 is 10.5 Å².